The summed E-state index contributed by atoms with van der Waals surface area (Å²) in [6.07, 6.45) is 4.86. The lowest BCUT2D eigenvalue weighted by Crippen LogP contribution is -2.13. The van der Waals surface area contributed by atoms with Crippen LogP contribution in [0.1, 0.15) is 47.8 Å². The summed E-state index contributed by atoms with van der Waals surface area (Å²) in [5, 5.41) is 4.97. The lowest BCUT2D eigenvalue weighted by atomic mass is 9.86. The number of hydrogen-bond acceptors (Lipinski definition) is 6. The van der Waals surface area contributed by atoms with E-state index in [1.807, 2.05) is 23.7 Å². The first-order valence-electron chi connectivity index (χ1n) is 11.8. The van der Waals surface area contributed by atoms with Crippen molar-refractivity contribution in [3.8, 4) is 28.3 Å². The van der Waals surface area contributed by atoms with Crippen molar-refractivity contribution in [2.24, 2.45) is 0 Å². The number of nitrogens with zero attached hydrogens (tertiary/aromatic N) is 4. The van der Waals surface area contributed by atoms with Gasteiger partial charge in [0.25, 0.3) is 0 Å². The van der Waals surface area contributed by atoms with E-state index in [0.29, 0.717) is 24.5 Å². The minimum atomic E-state index is -0.480. The largest absolute Gasteiger partial charge is 0.482 e. The smallest absolute Gasteiger partial charge is 0.166 e. The van der Waals surface area contributed by atoms with Gasteiger partial charge in [-0.15, -0.1) is 0 Å². The molecule has 0 fully saturated rings. The molecule has 0 saturated heterocycles. The van der Waals surface area contributed by atoms with Gasteiger partial charge in [-0.25, -0.2) is 9.37 Å². The highest BCUT2D eigenvalue weighted by Crippen LogP contribution is 2.47. The van der Waals surface area contributed by atoms with E-state index in [-0.39, 0.29) is 17.6 Å². The number of methoxy groups -OCH3 is 1. The van der Waals surface area contributed by atoms with Crippen LogP contribution in [0.4, 0.5) is 10.2 Å². The number of benzene rings is 1. The van der Waals surface area contributed by atoms with Crippen molar-refractivity contribution >= 4 is 5.82 Å². The normalized spacial score (nSPS) is 18.0. The number of aromatic nitrogens is 4. The number of nitrogen functional groups attached to an aromatic ring is 1. The molecule has 2 aliphatic rings. The highest BCUT2D eigenvalue weighted by Gasteiger charge is 2.35. The molecule has 0 saturated carbocycles. The molecule has 6 rings (SSSR count). The Kier molecular flexibility index (Phi) is 5.25. The first-order chi connectivity index (χ1) is 17.0. The molecule has 2 N–H and O–H groups in total. The van der Waals surface area contributed by atoms with E-state index >= 15 is 0 Å². The molecule has 178 valence electrons. The van der Waals surface area contributed by atoms with Gasteiger partial charge < -0.3 is 15.2 Å². The van der Waals surface area contributed by atoms with Gasteiger partial charge in [-0.2, -0.15) is 5.10 Å². The molecule has 0 amide bonds. The van der Waals surface area contributed by atoms with Gasteiger partial charge in [0.1, 0.15) is 11.9 Å². The number of pyridine rings is 2. The van der Waals surface area contributed by atoms with Crippen molar-refractivity contribution in [1.82, 2.24) is 19.7 Å². The molecular formula is C27H26FN5O2. The fourth-order valence-electron chi connectivity index (χ4n) is 5.40. The fraction of sp³-hybridized carbons (Fsp3) is 0.296. The van der Waals surface area contributed by atoms with E-state index in [0.717, 1.165) is 46.6 Å². The molecule has 4 aromatic rings. The van der Waals surface area contributed by atoms with Crippen LogP contribution in [-0.2, 0) is 17.7 Å². The quantitative estimate of drug-likeness (QED) is 0.457. The topological polar surface area (TPSA) is 88.1 Å². The van der Waals surface area contributed by atoms with Crippen molar-refractivity contribution in [1.29, 1.82) is 0 Å². The van der Waals surface area contributed by atoms with Crippen molar-refractivity contribution in [2.75, 3.05) is 19.5 Å². The average Bonchev–Trinajstić information content (AvgIpc) is 3.42. The number of aryl methyl sites for hydroxylation is 1. The zero-order chi connectivity index (χ0) is 24.1. The Morgan fingerprint density at radius 2 is 2.09 bits per heavy atom. The van der Waals surface area contributed by atoms with E-state index in [1.54, 1.807) is 25.6 Å². The van der Waals surface area contributed by atoms with Crippen LogP contribution >= 0.6 is 0 Å². The summed E-state index contributed by atoms with van der Waals surface area (Å²) < 4.78 is 28.1. The van der Waals surface area contributed by atoms with Gasteiger partial charge >= 0.3 is 0 Å². The molecule has 1 aromatic carbocycles. The van der Waals surface area contributed by atoms with Crippen molar-refractivity contribution in [2.45, 2.75) is 38.3 Å². The number of fused-ring (bicyclic) bond motifs is 7. The second-order valence-corrected chi connectivity index (χ2v) is 9.06. The number of rotatable bonds is 3. The van der Waals surface area contributed by atoms with Gasteiger partial charge in [-0.3, -0.25) is 9.67 Å². The molecule has 2 bridgehead atoms. The Bertz CT molecular complexity index is 1430. The predicted molar refractivity (Wildman–Crippen MR) is 131 cm³/mol. The lowest BCUT2D eigenvalue weighted by Gasteiger charge is -2.24. The summed E-state index contributed by atoms with van der Waals surface area (Å²) >= 11 is 0. The number of nitrogens with two attached hydrogens (primary N) is 1. The van der Waals surface area contributed by atoms with Gasteiger partial charge in [0.2, 0.25) is 0 Å². The number of anilines is 1. The van der Waals surface area contributed by atoms with Gasteiger partial charge in [-0.1, -0.05) is 6.07 Å². The van der Waals surface area contributed by atoms with Crippen LogP contribution < -0.4 is 10.5 Å². The standard InChI is InChI=1S/C27H26FN5O2/c1-15-21-13-17(28)5-6-20(21)25-19(4-3-9-30-25)18-7-8-22-24(18)26(33(32-22)10-11-34-2)16-12-23(35-15)27(29)31-14-16/h3-6,9,12-15,18H,7-8,10-11H2,1-2H3,(H2,29,31)/t15-,18?/m1/s1. The lowest BCUT2D eigenvalue weighted by molar-refractivity contribution is 0.184. The van der Waals surface area contributed by atoms with E-state index in [4.69, 9.17) is 25.3 Å². The van der Waals surface area contributed by atoms with Crippen LogP contribution in [0.3, 0.4) is 0 Å². The van der Waals surface area contributed by atoms with Crippen LogP contribution in [0.25, 0.3) is 22.5 Å². The fourth-order valence-corrected chi connectivity index (χ4v) is 5.40. The zero-order valence-electron chi connectivity index (χ0n) is 19.7. The minimum Gasteiger partial charge on any atom is -0.482 e. The van der Waals surface area contributed by atoms with Gasteiger partial charge in [-0.05, 0) is 55.7 Å². The third-order valence-corrected chi connectivity index (χ3v) is 6.97. The van der Waals surface area contributed by atoms with Crippen molar-refractivity contribution in [3.63, 3.8) is 0 Å². The molecule has 0 radical (unpaired) electrons. The van der Waals surface area contributed by atoms with Crippen LogP contribution in [0.5, 0.6) is 5.75 Å². The summed E-state index contributed by atoms with van der Waals surface area (Å²) in [5.74, 6) is 0.503. The van der Waals surface area contributed by atoms with E-state index < -0.39 is 6.10 Å². The predicted octanol–water partition coefficient (Wildman–Crippen LogP) is 4.91. The maximum absolute atomic E-state index is 14.4. The van der Waals surface area contributed by atoms with Crippen molar-refractivity contribution < 1.29 is 13.9 Å². The summed E-state index contributed by atoms with van der Waals surface area (Å²) in [5.41, 5.74) is 13.8. The Labute approximate surface area is 202 Å². The molecule has 3 aromatic heterocycles. The molecule has 35 heavy (non-hydrogen) atoms. The van der Waals surface area contributed by atoms with Crippen LogP contribution in [0, 0.1) is 5.82 Å². The van der Waals surface area contributed by atoms with Crippen molar-refractivity contribution in [3.05, 3.63) is 77.0 Å². The van der Waals surface area contributed by atoms with Gasteiger partial charge in [0.05, 0.1) is 30.2 Å². The summed E-state index contributed by atoms with van der Waals surface area (Å²) in [6, 6.07) is 10.8. The minimum absolute atomic E-state index is 0.0922. The van der Waals surface area contributed by atoms with Gasteiger partial charge in [0, 0.05) is 47.7 Å². The van der Waals surface area contributed by atoms with Crippen LogP contribution in [-0.4, -0.2) is 33.5 Å². The third kappa shape index (κ3) is 3.56. The summed E-state index contributed by atoms with van der Waals surface area (Å²) in [6.45, 7) is 3.04. The third-order valence-electron chi connectivity index (χ3n) is 6.97. The average molecular weight is 472 g/mol. The highest BCUT2D eigenvalue weighted by atomic mass is 19.1. The molecular weight excluding hydrogens is 445 g/mol. The zero-order valence-corrected chi connectivity index (χ0v) is 19.7. The second kappa shape index (κ2) is 8.46. The Hall–Kier alpha value is -3.78. The Balaban J connectivity index is 1.67. The van der Waals surface area contributed by atoms with Crippen LogP contribution in [0.15, 0.2) is 48.8 Å². The maximum atomic E-state index is 14.4. The van der Waals surface area contributed by atoms with Gasteiger partial charge in [0.15, 0.2) is 11.6 Å². The number of ether oxygens (including phenoxy) is 2. The molecule has 8 heteroatoms. The molecule has 1 aliphatic carbocycles. The molecule has 2 atom stereocenters. The molecule has 1 aliphatic heterocycles. The Morgan fingerprint density at radius 3 is 2.94 bits per heavy atom. The van der Waals surface area contributed by atoms with Crippen LogP contribution in [0.2, 0.25) is 0 Å². The molecule has 7 nitrogen and oxygen atoms in total. The number of hydrogen-bond donors (Lipinski definition) is 1. The SMILES string of the molecule is COCCn1nc2c3c1-c1cnc(N)c(c1)O[C@H](C)c1cc(F)ccc1-c1ncccc1C3CC2. The molecule has 4 heterocycles. The van der Waals surface area contributed by atoms with E-state index in [2.05, 4.69) is 11.1 Å². The highest BCUT2D eigenvalue weighted by molar-refractivity contribution is 5.74. The maximum Gasteiger partial charge on any atom is 0.166 e. The first-order valence-corrected chi connectivity index (χ1v) is 11.8. The Morgan fingerprint density at radius 1 is 1.20 bits per heavy atom. The number of halogens is 1. The summed E-state index contributed by atoms with van der Waals surface area (Å²) in [7, 11) is 1.69. The monoisotopic (exact) mass is 471 g/mol. The van der Waals surface area contributed by atoms with E-state index in [9.17, 15) is 4.39 Å². The second-order valence-electron chi connectivity index (χ2n) is 9.06. The molecule has 0 spiro atoms. The summed E-state index contributed by atoms with van der Waals surface area (Å²) in [4.78, 5) is 9.24. The molecule has 1 unspecified atom stereocenters. The van der Waals surface area contributed by atoms with E-state index in [1.165, 1.54) is 17.7 Å². The first kappa shape index (κ1) is 21.7.